The van der Waals surface area contributed by atoms with E-state index in [4.69, 9.17) is 9.47 Å². The van der Waals surface area contributed by atoms with Gasteiger partial charge in [0.2, 0.25) is 0 Å². The molecule has 1 saturated heterocycles. The Morgan fingerprint density at radius 1 is 1.22 bits per heavy atom. The Bertz CT molecular complexity index is 1160. The van der Waals surface area contributed by atoms with Crippen molar-refractivity contribution in [2.45, 2.75) is 39.3 Å². The standard InChI is InChI=1S/C25H29N3O4/c1-16-6-7-18-13-19(24(29)27-23(18)17(16)2)14-28(15-22-5-4-12-32-22)25(30)26-20-8-10-21(31-3)11-9-20/h6-11,13,22H,4-5,12,14-15H2,1-3H3,(H,26,30)(H,27,29)/t22-/m1/s1. The monoisotopic (exact) mass is 435 g/mol. The SMILES string of the molecule is COc1ccc(NC(=O)N(Cc2cc3ccc(C)c(C)c3[nH]c2=O)C[C@H]2CCCO2)cc1. The van der Waals surface area contributed by atoms with Crippen LogP contribution >= 0.6 is 0 Å². The van der Waals surface area contributed by atoms with Crippen LogP contribution in [0.2, 0.25) is 0 Å². The number of carbonyl (C=O) groups is 1. The summed E-state index contributed by atoms with van der Waals surface area (Å²) in [5.74, 6) is 0.715. The van der Waals surface area contributed by atoms with E-state index in [9.17, 15) is 9.59 Å². The molecule has 2 N–H and O–H groups in total. The van der Waals surface area contributed by atoms with Crippen LogP contribution in [0.25, 0.3) is 10.9 Å². The zero-order valence-electron chi connectivity index (χ0n) is 18.7. The summed E-state index contributed by atoms with van der Waals surface area (Å²) >= 11 is 0. The number of benzene rings is 2. The number of carbonyl (C=O) groups excluding carboxylic acids is 1. The van der Waals surface area contributed by atoms with Gasteiger partial charge in [0.05, 0.1) is 25.3 Å². The van der Waals surface area contributed by atoms with E-state index in [0.717, 1.165) is 34.9 Å². The number of hydrogen-bond donors (Lipinski definition) is 2. The Kier molecular flexibility index (Phi) is 6.46. The lowest BCUT2D eigenvalue weighted by Gasteiger charge is -2.26. The lowest BCUT2D eigenvalue weighted by atomic mass is 10.0. The van der Waals surface area contributed by atoms with Gasteiger partial charge in [0.25, 0.3) is 5.56 Å². The number of nitrogens with one attached hydrogen (secondary N) is 2. The van der Waals surface area contributed by atoms with Crippen molar-refractivity contribution in [3.8, 4) is 5.75 Å². The van der Waals surface area contributed by atoms with Gasteiger partial charge in [-0.3, -0.25) is 4.79 Å². The van der Waals surface area contributed by atoms with Crippen molar-refractivity contribution in [2.24, 2.45) is 0 Å². The molecule has 0 spiro atoms. The predicted octanol–water partition coefficient (Wildman–Crippen LogP) is 4.37. The van der Waals surface area contributed by atoms with Crippen molar-refractivity contribution in [3.63, 3.8) is 0 Å². The van der Waals surface area contributed by atoms with Crippen LogP contribution in [0, 0.1) is 13.8 Å². The van der Waals surface area contributed by atoms with Crippen LogP contribution in [0.3, 0.4) is 0 Å². The number of rotatable bonds is 6. The van der Waals surface area contributed by atoms with E-state index in [0.29, 0.717) is 30.2 Å². The van der Waals surface area contributed by atoms with Gasteiger partial charge in [-0.1, -0.05) is 12.1 Å². The molecule has 1 fully saturated rings. The fraction of sp³-hybridized carbons (Fsp3) is 0.360. The highest BCUT2D eigenvalue weighted by Gasteiger charge is 2.24. The second-order valence-corrected chi connectivity index (χ2v) is 8.27. The summed E-state index contributed by atoms with van der Waals surface area (Å²) in [5.41, 5.74) is 4.04. The molecule has 7 heteroatoms. The molecule has 1 aliphatic rings. The second kappa shape index (κ2) is 9.44. The van der Waals surface area contributed by atoms with Crippen molar-refractivity contribution < 1.29 is 14.3 Å². The molecule has 4 rings (SSSR count). The third-order valence-corrected chi connectivity index (χ3v) is 6.07. The van der Waals surface area contributed by atoms with Gasteiger partial charge in [-0.25, -0.2) is 4.79 Å². The molecule has 3 aromatic rings. The number of aromatic nitrogens is 1. The Morgan fingerprint density at radius 2 is 2.00 bits per heavy atom. The number of urea groups is 1. The van der Waals surface area contributed by atoms with Gasteiger partial charge in [-0.2, -0.15) is 0 Å². The molecule has 168 valence electrons. The normalized spacial score (nSPS) is 15.7. The number of nitrogens with zero attached hydrogens (tertiary/aromatic N) is 1. The Labute approximate surface area is 187 Å². The zero-order chi connectivity index (χ0) is 22.7. The number of methoxy groups -OCH3 is 1. The third-order valence-electron chi connectivity index (χ3n) is 6.07. The molecule has 1 atom stereocenters. The second-order valence-electron chi connectivity index (χ2n) is 8.27. The van der Waals surface area contributed by atoms with Crippen molar-refractivity contribution in [1.29, 1.82) is 0 Å². The molecule has 2 amide bonds. The van der Waals surface area contributed by atoms with Crippen LogP contribution in [0.4, 0.5) is 10.5 Å². The molecular weight excluding hydrogens is 406 g/mol. The molecule has 32 heavy (non-hydrogen) atoms. The lowest BCUT2D eigenvalue weighted by Crippen LogP contribution is -2.40. The molecule has 0 saturated carbocycles. The maximum atomic E-state index is 13.1. The minimum absolute atomic E-state index is 0.0268. The smallest absolute Gasteiger partial charge is 0.322 e. The van der Waals surface area contributed by atoms with Crippen molar-refractivity contribution in [1.82, 2.24) is 9.88 Å². The summed E-state index contributed by atoms with van der Waals surface area (Å²) in [6.07, 6.45) is 1.85. The third kappa shape index (κ3) is 4.78. The fourth-order valence-corrected chi connectivity index (χ4v) is 4.02. The number of ether oxygens (including phenoxy) is 2. The molecule has 0 bridgehead atoms. The van der Waals surface area contributed by atoms with Crippen LogP contribution in [0.15, 0.2) is 47.3 Å². The molecule has 0 radical (unpaired) electrons. The number of pyridine rings is 1. The number of aromatic amines is 1. The molecule has 0 unspecified atom stereocenters. The fourth-order valence-electron chi connectivity index (χ4n) is 4.02. The van der Waals surface area contributed by atoms with Gasteiger partial charge in [-0.15, -0.1) is 0 Å². The molecular formula is C25H29N3O4. The zero-order valence-corrected chi connectivity index (χ0v) is 18.7. The quantitative estimate of drug-likeness (QED) is 0.602. The van der Waals surface area contributed by atoms with E-state index in [2.05, 4.69) is 10.3 Å². The van der Waals surface area contributed by atoms with E-state index < -0.39 is 0 Å². The van der Waals surface area contributed by atoms with Crippen LogP contribution in [0.1, 0.15) is 29.5 Å². The lowest BCUT2D eigenvalue weighted by molar-refractivity contribution is 0.0818. The van der Waals surface area contributed by atoms with E-state index in [1.807, 2.05) is 32.0 Å². The van der Waals surface area contributed by atoms with Gasteiger partial charge in [0.15, 0.2) is 0 Å². The predicted molar refractivity (Wildman–Crippen MR) is 125 cm³/mol. The minimum atomic E-state index is -0.273. The Balaban J connectivity index is 1.59. The van der Waals surface area contributed by atoms with Crippen LogP contribution in [-0.4, -0.2) is 42.3 Å². The number of hydrogen-bond acceptors (Lipinski definition) is 4. The maximum Gasteiger partial charge on any atom is 0.322 e. The average Bonchev–Trinajstić information content (AvgIpc) is 3.30. The number of aryl methyl sites for hydroxylation is 2. The summed E-state index contributed by atoms with van der Waals surface area (Å²) in [4.78, 5) is 30.7. The highest BCUT2D eigenvalue weighted by atomic mass is 16.5. The molecule has 1 aromatic heterocycles. The first-order valence-corrected chi connectivity index (χ1v) is 10.9. The largest absolute Gasteiger partial charge is 0.497 e. The number of amides is 2. The first-order valence-electron chi connectivity index (χ1n) is 10.9. The average molecular weight is 436 g/mol. The van der Waals surface area contributed by atoms with E-state index in [1.165, 1.54) is 0 Å². The summed E-state index contributed by atoms with van der Waals surface area (Å²) in [5, 5.41) is 3.88. The molecule has 0 aliphatic carbocycles. The Morgan fingerprint density at radius 3 is 2.69 bits per heavy atom. The molecule has 7 nitrogen and oxygen atoms in total. The van der Waals surface area contributed by atoms with E-state index in [-0.39, 0.29) is 24.2 Å². The van der Waals surface area contributed by atoms with Crippen molar-refractivity contribution in [2.75, 3.05) is 25.6 Å². The minimum Gasteiger partial charge on any atom is -0.497 e. The van der Waals surface area contributed by atoms with Crippen LogP contribution < -0.4 is 15.6 Å². The summed E-state index contributed by atoms with van der Waals surface area (Å²) in [6, 6.07) is 12.8. The van der Waals surface area contributed by atoms with Crippen LogP contribution in [0.5, 0.6) is 5.75 Å². The van der Waals surface area contributed by atoms with Crippen molar-refractivity contribution >= 4 is 22.6 Å². The summed E-state index contributed by atoms with van der Waals surface area (Å²) < 4.78 is 10.9. The molecule has 2 heterocycles. The molecule has 1 aliphatic heterocycles. The first kappa shape index (κ1) is 21.9. The Hall–Kier alpha value is -3.32. The number of anilines is 1. The van der Waals surface area contributed by atoms with E-state index >= 15 is 0 Å². The molecule has 2 aromatic carbocycles. The topological polar surface area (TPSA) is 83.7 Å². The van der Waals surface area contributed by atoms with Gasteiger partial charge in [0.1, 0.15) is 5.75 Å². The van der Waals surface area contributed by atoms with Crippen LogP contribution in [-0.2, 0) is 11.3 Å². The van der Waals surface area contributed by atoms with Gasteiger partial charge in [0, 0.05) is 24.4 Å². The highest BCUT2D eigenvalue weighted by Crippen LogP contribution is 2.21. The van der Waals surface area contributed by atoms with Crippen molar-refractivity contribution in [3.05, 3.63) is 69.5 Å². The summed E-state index contributed by atoms with van der Waals surface area (Å²) in [7, 11) is 1.60. The van der Waals surface area contributed by atoms with Gasteiger partial charge >= 0.3 is 6.03 Å². The number of H-pyrrole nitrogens is 1. The maximum absolute atomic E-state index is 13.1. The highest BCUT2D eigenvalue weighted by molar-refractivity contribution is 5.89. The number of fused-ring (bicyclic) bond motifs is 1. The van der Waals surface area contributed by atoms with Gasteiger partial charge < -0.3 is 24.7 Å². The van der Waals surface area contributed by atoms with E-state index in [1.54, 1.807) is 36.3 Å². The summed E-state index contributed by atoms with van der Waals surface area (Å²) in [6.45, 7) is 5.34. The van der Waals surface area contributed by atoms with Gasteiger partial charge in [-0.05, 0) is 73.5 Å². The first-order chi connectivity index (χ1) is 15.4.